The molecule has 1 aromatic heterocycles. The summed E-state index contributed by atoms with van der Waals surface area (Å²) in [5, 5.41) is 1.32. The highest BCUT2D eigenvalue weighted by Gasteiger charge is 2.18. The number of nitrogens with one attached hydrogen (secondary N) is 1. The van der Waals surface area contributed by atoms with Crippen LogP contribution in [-0.2, 0) is 11.3 Å². The average Bonchev–Trinajstić information content (AvgIpc) is 2.96. The van der Waals surface area contributed by atoms with Crippen LogP contribution >= 0.6 is 11.6 Å². The number of pyridine rings is 1. The summed E-state index contributed by atoms with van der Waals surface area (Å²) in [4.78, 5) is 19.4. The van der Waals surface area contributed by atoms with Crippen LogP contribution in [0.2, 0.25) is 5.15 Å². The maximum atomic E-state index is 11.9. The van der Waals surface area contributed by atoms with E-state index in [-0.39, 0.29) is 12.7 Å². The number of hydrogen-bond acceptors (Lipinski definition) is 4. The highest BCUT2D eigenvalue weighted by atomic mass is 35.5. The first-order valence-electron chi connectivity index (χ1n) is 7.87. The molecule has 1 aromatic carbocycles. The maximum absolute atomic E-state index is 11.9. The van der Waals surface area contributed by atoms with Crippen LogP contribution in [0, 0.1) is 0 Å². The number of aromatic nitrogens is 1. The molecule has 2 heterocycles. The number of quaternary nitrogens is 1. The zero-order valence-corrected chi connectivity index (χ0v) is 14.8. The summed E-state index contributed by atoms with van der Waals surface area (Å²) < 4.78 is 10.8. The molecule has 24 heavy (non-hydrogen) atoms. The van der Waals surface area contributed by atoms with Crippen LogP contribution in [-0.4, -0.2) is 49.8 Å². The highest BCUT2D eigenvalue weighted by molar-refractivity contribution is 6.30. The second kappa shape index (κ2) is 6.83. The molecule has 1 amide bonds. The van der Waals surface area contributed by atoms with Crippen molar-refractivity contribution in [1.29, 1.82) is 0 Å². The Hall–Kier alpha value is -2.05. The van der Waals surface area contributed by atoms with Gasteiger partial charge in [0.2, 0.25) is 12.7 Å². The van der Waals surface area contributed by atoms with E-state index in [1.54, 1.807) is 11.8 Å². The lowest BCUT2D eigenvalue weighted by Crippen LogP contribution is -3.06. The Kier molecular flexibility index (Phi) is 4.78. The zero-order valence-electron chi connectivity index (χ0n) is 14.1. The fourth-order valence-electron chi connectivity index (χ4n) is 2.61. The average molecular weight is 351 g/mol. The SMILES string of the molecule is CC(=O)N(CC[NH+](C)C)Cc1cc2cc3c(cc2nc1Cl)OCO3. The van der Waals surface area contributed by atoms with Gasteiger partial charge >= 0.3 is 0 Å². The Labute approximate surface area is 145 Å². The van der Waals surface area contributed by atoms with E-state index in [1.165, 1.54) is 4.90 Å². The minimum Gasteiger partial charge on any atom is -0.454 e. The third-order valence-electron chi connectivity index (χ3n) is 4.02. The standard InChI is InChI=1S/C17H20ClN3O3/c1-11(22)21(5-4-20(2)3)9-13-6-12-7-15-16(24-10-23-15)8-14(12)19-17(13)18/h6-8H,4-5,9-10H2,1-3H3/p+1. The smallest absolute Gasteiger partial charge is 0.231 e. The first-order valence-corrected chi connectivity index (χ1v) is 8.25. The zero-order chi connectivity index (χ0) is 17.3. The summed E-state index contributed by atoms with van der Waals surface area (Å²) >= 11 is 6.34. The molecule has 2 aromatic rings. The molecule has 1 aliphatic rings. The van der Waals surface area contributed by atoms with Crippen molar-refractivity contribution in [3.8, 4) is 11.5 Å². The normalized spacial score (nSPS) is 12.9. The van der Waals surface area contributed by atoms with Crippen molar-refractivity contribution < 1.29 is 19.2 Å². The second-order valence-electron chi connectivity index (χ2n) is 6.23. The first kappa shape index (κ1) is 16.8. The van der Waals surface area contributed by atoms with Gasteiger partial charge in [-0.25, -0.2) is 4.98 Å². The number of likely N-dealkylation sites (N-methyl/N-ethyl adjacent to an activating group) is 1. The predicted molar refractivity (Wildman–Crippen MR) is 91.6 cm³/mol. The monoisotopic (exact) mass is 350 g/mol. The van der Waals surface area contributed by atoms with Gasteiger partial charge in [0.1, 0.15) is 5.15 Å². The fourth-order valence-corrected chi connectivity index (χ4v) is 2.81. The van der Waals surface area contributed by atoms with Gasteiger partial charge in [-0.05, 0) is 12.1 Å². The van der Waals surface area contributed by atoms with Gasteiger partial charge in [-0.2, -0.15) is 0 Å². The van der Waals surface area contributed by atoms with Gasteiger partial charge < -0.3 is 19.3 Å². The van der Waals surface area contributed by atoms with E-state index in [4.69, 9.17) is 21.1 Å². The number of carbonyl (C=O) groups excluding carboxylic acids is 1. The molecule has 0 radical (unpaired) electrons. The van der Waals surface area contributed by atoms with Crippen LogP contribution in [0.5, 0.6) is 11.5 Å². The predicted octanol–water partition coefficient (Wildman–Crippen LogP) is 1.11. The Morgan fingerprint density at radius 3 is 2.67 bits per heavy atom. The van der Waals surface area contributed by atoms with Crippen molar-refractivity contribution in [3.63, 3.8) is 0 Å². The molecule has 1 aliphatic heterocycles. The van der Waals surface area contributed by atoms with E-state index in [1.807, 2.05) is 18.2 Å². The fraction of sp³-hybridized carbons (Fsp3) is 0.412. The topological polar surface area (TPSA) is 56.1 Å². The number of benzene rings is 1. The second-order valence-corrected chi connectivity index (χ2v) is 6.59. The van der Waals surface area contributed by atoms with Gasteiger partial charge in [0.05, 0.1) is 32.7 Å². The Balaban J connectivity index is 1.89. The van der Waals surface area contributed by atoms with Gasteiger partial charge in [0, 0.05) is 30.5 Å². The number of carbonyl (C=O) groups is 1. The van der Waals surface area contributed by atoms with Crippen LogP contribution in [0.1, 0.15) is 12.5 Å². The van der Waals surface area contributed by atoms with E-state index in [0.717, 1.165) is 23.0 Å². The number of ether oxygens (including phenoxy) is 2. The van der Waals surface area contributed by atoms with Gasteiger partial charge in [-0.15, -0.1) is 0 Å². The summed E-state index contributed by atoms with van der Waals surface area (Å²) in [5.41, 5.74) is 1.58. The van der Waals surface area contributed by atoms with Crippen LogP contribution in [0.3, 0.4) is 0 Å². The van der Waals surface area contributed by atoms with Crippen molar-refractivity contribution in [2.75, 3.05) is 34.0 Å². The molecule has 0 unspecified atom stereocenters. The molecule has 3 rings (SSSR count). The molecule has 0 atom stereocenters. The van der Waals surface area contributed by atoms with Crippen LogP contribution in [0.4, 0.5) is 0 Å². The Bertz CT molecular complexity index is 779. The van der Waals surface area contributed by atoms with Gasteiger partial charge in [0.25, 0.3) is 0 Å². The van der Waals surface area contributed by atoms with Crippen LogP contribution in [0.15, 0.2) is 18.2 Å². The lowest BCUT2D eigenvalue weighted by atomic mass is 10.1. The molecule has 128 valence electrons. The van der Waals surface area contributed by atoms with Crippen molar-refractivity contribution >= 4 is 28.4 Å². The minimum atomic E-state index is 0.0260. The first-order chi connectivity index (χ1) is 11.4. The summed E-state index contributed by atoms with van der Waals surface area (Å²) in [6.07, 6.45) is 0. The number of hydrogen-bond donors (Lipinski definition) is 1. The van der Waals surface area contributed by atoms with Crippen LogP contribution in [0.25, 0.3) is 10.9 Å². The number of fused-ring (bicyclic) bond motifs is 2. The minimum absolute atomic E-state index is 0.0260. The van der Waals surface area contributed by atoms with Crippen molar-refractivity contribution in [1.82, 2.24) is 9.88 Å². The molecule has 0 fully saturated rings. The number of amides is 1. The number of rotatable bonds is 5. The van der Waals surface area contributed by atoms with Crippen molar-refractivity contribution in [2.24, 2.45) is 0 Å². The third kappa shape index (κ3) is 3.55. The van der Waals surface area contributed by atoms with E-state index in [2.05, 4.69) is 19.1 Å². The van der Waals surface area contributed by atoms with E-state index in [0.29, 0.717) is 29.7 Å². The van der Waals surface area contributed by atoms with Gasteiger partial charge in [0.15, 0.2) is 11.5 Å². The third-order valence-corrected chi connectivity index (χ3v) is 4.35. The Morgan fingerprint density at radius 2 is 2.00 bits per heavy atom. The molecule has 0 saturated heterocycles. The van der Waals surface area contributed by atoms with Crippen molar-refractivity contribution in [3.05, 3.63) is 28.9 Å². The molecule has 0 aliphatic carbocycles. The van der Waals surface area contributed by atoms with Crippen molar-refractivity contribution in [2.45, 2.75) is 13.5 Å². The van der Waals surface area contributed by atoms with E-state index < -0.39 is 0 Å². The van der Waals surface area contributed by atoms with E-state index >= 15 is 0 Å². The molecular weight excluding hydrogens is 330 g/mol. The molecule has 1 N–H and O–H groups in total. The van der Waals surface area contributed by atoms with E-state index in [9.17, 15) is 4.79 Å². The lowest BCUT2D eigenvalue weighted by Gasteiger charge is -2.22. The molecule has 7 heteroatoms. The Morgan fingerprint density at radius 1 is 1.29 bits per heavy atom. The summed E-state index contributed by atoms with van der Waals surface area (Å²) in [7, 11) is 4.12. The number of halogens is 1. The number of nitrogens with zero attached hydrogens (tertiary/aromatic N) is 2. The lowest BCUT2D eigenvalue weighted by molar-refractivity contribution is -0.857. The van der Waals surface area contributed by atoms with Gasteiger partial charge in [-0.3, -0.25) is 4.79 Å². The quantitative estimate of drug-likeness (QED) is 0.821. The maximum Gasteiger partial charge on any atom is 0.231 e. The summed E-state index contributed by atoms with van der Waals surface area (Å²) in [6.45, 7) is 3.78. The molecular formula is C17H21ClN3O3+. The van der Waals surface area contributed by atoms with Gasteiger partial charge in [-0.1, -0.05) is 11.6 Å². The largest absolute Gasteiger partial charge is 0.454 e. The molecule has 0 bridgehead atoms. The molecule has 6 nitrogen and oxygen atoms in total. The summed E-state index contributed by atoms with van der Waals surface area (Å²) in [6, 6.07) is 5.68. The molecule has 0 saturated carbocycles. The molecule has 0 spiro atoms. The highest BCUT2D eigenvalue weighted by Crippen LogP contribution is 2.36. The van der Waals surface area contributed by atoms with Crippen LogP contribution < -0.4 is 14.4 Å². The summed E-state index contributed by atoms with van der Waals surface area (Å²) in [5.74, 6) is 1.41.